The van der Waals surface area contributed by atoms with Crippen LogP contribution in [0.15, 0.2) is 30.3 Å². The van der Waals surface area contributed by atoms with Crippen LogP contribution < -0.4 is 4.74 Å². The van der Waals surface area contributed by atoms with Crippen molar-refractivity contribution >= 4 is 33.5 Å². The zero-order valence-corrected chi connectivity index (χ0v) is 9.28. The van der Waals surface area contributed by atoms with Crippen molar-refractivity contribution in [1.82, 2.24) is 4.98 Å². The number of benzene rings is 1. The van der Waals surface area contributed by atoms with E-state index in [1.165, 1.54) is 0 Å². The molecule has 1 aromatic heterocycles. The molecule has 0 aliphatic rings. The van der Waals surface area contributed by atoms with Gasteiger partial charge in [0, 0.05) is 5.39 Å². The average Bonchev–Trinajstić information content (AvgIpc) is 2.17. The van der Waals surface area contributed by atoms with Crippen LogP contribution in [0.5, 0.6) is 5.75 Å². The van der Waals surface area contributed by atoms with Gasteiger partial charge in [0.25, 0.3) is 0 Å². The van der Waals surface area contributed by atoms with Gasteiger partial charge in [0.2, 0.25) is 0 Å². The summed E-state index contributed by atoms with van der Waals surface area (Å²) < 4.78 is 6.20. The molecule has 1 aromatic carbocycles. The Bertz CT molecular complexity index is 442. The first-order valence-corrected chi connectivity index (χ1v) is 4.98. The fraction of sp³-hybridized carbons (Fsp3) is 0.100. The first kappa shape index (κ1) is 8.74. The van der Waals surface area contributed by atoms with Gasteiger partial charge in [-0.3, -0.25) is 0 Å². The number of rotatable bonds is 1. The van der Waals surface area contributed by atoms with Crippen molar-refractivity contribution in [3.8, 4) is 5.75 Å². The topological polar surface area (TPSA) is 22.1 Å². The largest absolute Gasteiger partial charge is 0.494 e. The number of hydrogen-bond acceptors (Lipinski definition) is 2. The Morgan fingerprint density at radius 1 is 1.23 bits per heavy atom. The van der Waals surface area contributed by atoms with E-state index in [-0.39, 0.29) is 0 Å². The lowest BCUT2D eigenvalue weighted by Crippen LogP contribution is -1.88. The SMILES string of the molecule is COc1cccc2ccc(I)nc12. The quantitative estimate of drug-likeness (QED) is 0.593. The smallest absolute Gasteiger partial charge is 0.145 e. The summed E-state index contributed by atoms with van der Waals surface area (Å²) in [7, 11) is 1.66. The summed E-state index contributed by atoms with van der Waals surface area (Å²) in [5.74, 6) is 0.830. The Balaban J connectivity index is 2.79. The molecule has 0 spiro atoms. The van der Waals surface area contributed by atoms with E-state index in [1.807, 2.05) is 30.3 Å². The molecule has 0 unspecified atom stereocenters. The minimum Gasteiger partial charge on any atom is -0.494 e. The molecule has 0 aliphatic heterocycles. The Morgan fingerprint density at radius 2 is 2.08 bits per heavy atom. The zero-order chi connectivity index (χ0) is 9.26. The predicted molar refractivity (Wildman–Crippen MR) is 61.0 cm³/mol. The van der Waals surface area contributed by atoms with Gasteiger partial charge >= 0.3 is 0 Å². The van der Waals surface area contributed by atoms with Crippen molar-refractivity contribution in [3.63, 3.8) is 0 Å². The van der Waals surface area contributed by atoms with Crippen molar-refractivity contribution in [1.29, 1.82) is 0 Å². The number of methoxy groups -OCH3 is 1. The highest BCUT2D eigenvalue weighted by Gasteiger charge is 2.01. The van der Waals surface area contributed by atoms with E-state index in [4.69, 9.17) is 4.74 Å². The lowest BCUT2D eigenvalue weighted by Gasteiger charge is -2.03. The fourth-order valence-electron chi connectivity index (χ4n) is 1.26. The number of ether oxygens (including phenoxy) is 1. The van der Waals surface area contributed by atoms with Crippen molar-refractivity contribution in [3.05, 3.63) is 34.0 Å². The summed E-state index contributed by atoms with van der Waals surface area (Å²) in [6, 6.07) is 9.96. The maximum absolute atomic E-state index is 5.22. The number of aromatic nitrogens is 1. The molecule has 0 fully saturated rings. The summed E-state index contributed by atoms with van der Waals surface area (Å²) in [6.45, 7) is 0. The van der Waals surface area contributed by atoms with Gasteiger partial charge in [-0.25, -0.2) is 4.98 Å². The highest BCUT2D eigenvalue weighted by molar-refractivity contribution is 14.1. The van der Waals surface area contributed by atoms with Gasteiger partial charge in [0.05, 0.1) is 7.11 Å². The molecular weight excluding hydrogens is 277 g/mol. The minimum atomic E-state index is 0.830. The van der Waals surface area contributed by atoms with E-state index in [1.54, 1.807) is 7.11 Å². The second-order valence-corrected chi connectivity index (χ2v) is 3.77. The summed E-state index contributed by atoms with van der Waals surface area (Å²) in [5.41, 5.74) is 0.928. The van der Waals surface area contributed by atoms with Gasteiger partial charge in [0.15, 0.2) is 0 Å². The maximum Gasteiger partial charge on any atom is 0.145 e. The molecule has 0 atom stereocenters. The van der Waals surface area contributed by atoms with Crippen LogP contribution in [0.1, 0.15) is 0 Å². The Hall–Kier alpha value is -0.840. The molecule has 2 aromatic rings. The van der Waals surface area contributed by atoms with Crippen LogP contribution in [0.3, 0.4) is 0 Å². The Kier molecular flexibility index (Phi) is 2.35. The number of fused-ring (bicyclic) bond motifs is 1. The fourth-order valence-corrected chi connectivity index (χ4v) is 1.68. The lowest BCUT2D eigenvalue weighted by atomic mass is 10.2. The van der Waals surface area contributed by atoms with Crippen molar-refractivity contribution < 1.29 is 4.74 Å². The van der Waals surface area contributed by atoms with E-state index >= 15 is 0 Å². The first-order chi connectivity index (χ1) is 6.31. The zero-order valence-electron chi connectivity index (χ0n) is 7.12. The van der Waals surface area contributed by atoms with Crippen LogP contribution in [0.2, 0.25) is 0 Å². The van der Waals surface area contributed by atoms with Crippen LogP contribution in [0.25, 0.3) is 10.9 Å². The summed E-state index contributed by atoms with van der Waals surface area (Å²) in [5, 5.41) is 1.11. The van der Waals surface area contributed by atoms with Crippen LogP contribution in [0, 0.1) is 3.70 Å². The van der Waals surface area contributed by atoms with Crippen LogP contribution in [-0.2, 0) is 0 Å². The number of nitrogens with zero attached hydrogens (tertiary/aromatic N) is 1. The molecule has 2 rings (SSSR count). The van der Waals surface area contributed by atoms with Gasteiger partial charge < -0.3 is 4.74 Å². The van der Waals surface area contributed by atoms with Crippen LogP contribution in [0.4, 0.5) is 0 Å². The maximum atomic E-state index is 5.22. The van der Waals surface area contributed by atoms with Crippen LogP contribution >= 0.6 is 22.6 Å². The van der Waals surface area contributed by atoms with Crippen LogP contribution in [-0.4, -0.2) is 12.1 Å². The molecule has 0 amide bonds. The average molecular weight is 285 g/mol. The van der Waals surface area contributed by atoms with E-state index < -0.39 is 0 Å². The number of hydrogen-bond donors (Lipinski definition) is 0. The molecular formula is C10H8INO. The lowest BCUT2D eigenvalue weighted by molar-refractivity contribution is 0.419. The molecule has 0 bridgehead atoms. The summed E-state index contributed by atoms with van der Waals surface area (Å²) in [6.07, 6.45) is 0. The van der Waals surface area contributed by atoms with E-state index in [2.05, 4.69) is 27.6 Å². The molecule has 3 heteroatoms. The molecule has 0 saturated carbocycles. The standard InChI is InChI=1S/C10H8INO/c1-13-8-4-2-3-7-5-6-9(11)12-10(7)8/h2-6H,1H3. The predicted octanol–water partition coefficient (Wildman–Crippen LogP) is 2.85. The van der Waals surface area contributed by atoms with Crippen molar-refractivity contribution in [2.75, 3.05) is 7.11 Å². The molecule has 2 nitrogen and oxygen atoms in total. The normalized spacial score (nSPS) is 10.3. The highest BCUT2D eigenvalue weighted by atomic mass is 127. The second kappa shape index (κ2) is 3.49. The molecule has 0 saturated heterocycles. The van der Waals surface area contributed by atoms with Gasteiger partial charge in [0.1, 0.15) is 15.0 Å². The Morgan fingerprint density at radius 3 is 2.85 bits per heavy atom. The summed E-state index contributed by atoms with van der Waals surface area (Å²) >= 11 is 2.19. The minimum absolute atomic E-state index is 0.830. The third-order valence-electron chi connectivity index (χ3n) is 1.87. The molecule has 0 aliphatic carbocycles. The van der Waals surface area contributed by atoms with E-state index in [9.17, 15) is 0 Å². The third-order valence-corrected chi connectivity index (χ3v) is 2.47. The number of pyridine rings is 1. The Labute approximate surface area is 90.1 Å². The highest BCUT2D eigenvalue weighted by Crippen LogP contribution is 2.23. The van der Waals surface area contributed by atoms with E-state index in [0.29, 0.717) is 0 Å². The third kappa shape index (κ3) is 1.60. The summed E-state index contributed by atoms with van der Waals surface area (Å²) in [4.78, 5) is 4.41. The monoisotopic (exact) mass is 285 g/mol. The number of halogens is 1. The van der Waals surface area contributed by atoms with Gasteiger partial charge in [-0.1, -0.05) is 18.2 Å². The van der Waals surface area contributed by atoms with Crippen molar-refractivity contribution in [2.45, 2.75) is 0 Å². The second-order valence-electron chi connectivity index (χ2n) is 2.67. The number of para-hydroxylation sites is 1. The van der Waals surface area contributed by atoms with E-state index in [0.717, 1.165) is 20.4 Å². The van der Waals surface area contributed by atoms with Gasteiger partial charge in [-0.2, -0.15) is 0 Å². The van der Waals surface area contributed by atoms with Crippen molar-refractivity contribution in [2.24, 2.45) is 0 Å². The van der Waals surface area contributed by atoms with Gasteiger partial charge in [-0.05, 0) is 34.7 Å². The first-order valence-electron chi connectivity index (χ1n) is 3.90. The molecule has 13 heavy (non-hydrogen) atoms. The molecule has 1 heterocycles. The molecule has 0 N–H and O–H groups in total. The molecule has 66 valence electrons. The van der Waals surface area contributed by atoms with Gasteiger partial charge in [-0.15, -0.1) is 0 Å². The molecule has 0 radical (unpaired) electrons.